The maximum Gasteiger partial charge on any atom is 0.306 e. The lowest BCUT2D eigenvalue weighted by molar-refractivity contribution is -0.167. The van der Waals surface area contributed by atoms with Crippen LogP contribution in [0.3, 0.4) is 0 Å². The van der Waals surface area contributed by atoms with Crippen LogP contribution < -0.4 is 0 Å². The van der Waals surface area contributed by atoms with E-state index in [1.165, 1.54) is 109 Å². The van der Waals surface area contributed by atoms with Gasteiger partial charge in [0.1, 0.15) is 13.2 Å². The predicted molar refractivity (Wildman–Crippen MR) is 316 cm³/mol. The Balaban J connectivity index is 4.02. The Bertz CT molecular complexity index is 1490. The van der Waals surface area contributed by atoms with E-state index in [4.69, 9.17) is 14.2 Å². The summed E-state index contributed by atoms with van der Waals surface area (Å²) in [6.45, 7) is 6.43. The molecule has 0 saturated carbocycles. The molecule has 0 aromatic carbocycles. The highest BCUT2D eigenvalue weighted by molar-refractivity contribution is 5.71. The van der Waals surface area contributed by atoms with Gasteiger partial charge in [-0.05, 0) is 109 Å². The van der Waals surface area contributed by atoms with Gasteiger partial charge in [-0.2, -0.15) is 0 Å². The molecule has 1 atom stereocenters. The van der Waals surface area contributed by atoms with Crippen molar-refractivity contribution in [3.05, 3.63) is 109 Å². The van der Waals surface area contributed by atoms with Gasteiger partial charge >= 0.3 is 17.9 Å². The normalized spacial score (nSPS) is 12.9. The summed E-state index contributed by atoms with van der Waals surface area (Å²) in [6, 6.07) is 0. The molecule has 0 aliphatic heterocycles. The summed E-state index contributed by atoms with van der Waals surface area (Å²) in [5.41, 5.74) is 0. The number of allylic oxidation sites excluding steroid dienone is 18. The Morgan fingerprint density at radius 1 is 0.288 bits per heavy atom. The van der Waals surface area contributed by atoms with Gasteiger partial charge in [0.25, 0.3) is 0 Å². The number of hydrogen-bond acceptors (Lipinski definition) is 6. The molecule has 73 heavy (non-hydrogen) atoms. The van der Waals surface area contributed by atoms with Crippen molar-refractivity contribution >= 4 is 17.9 Å². The van der Waals surface area contributed by atoms with Crippen LogP contribution >= 0.6 is 0 Å². The van der Waals surface area contributed by atoms with Crippen molar-refractivity contribution < 1.29 is 28.6 Å². The Hall–Kier alpha value is -3.93. The molecular formula is C67H112O6. The Morgan fingerprint density at radius 2 is 0.534 bits per heavy atom. The van der Waals surface area contributed by atoms with Gasteiger partial charge in [-0.15, -0.1) is 0 Å². The van der Waals surface area contributed by atoms with Crippen molar-refractivity contribution in [3.63, 3.8) is 0 Å². The summed E-state index contributed by atoms with van der Waals surface area (Å²) in [7, 11) is 0. The Labute approximate surface area is 450 Å². The average molecular weight is 1010 g/mol. The van der Waals surface area contributed by atoms with Crippen LogP contribution in [0.5, 0.6) is 0 Å². The minimum absolute atomic E-state index is 0.0820. The van der Waals surface area contributed by atoms with Gasteiger partial charge in [0, 0.05) is 19.3 Å². The van der Waals surface area contributed by atoms with E-state index in [0.29, 0.717) is 19.3 Å². The smallest absolute Gasteiger partial charge is 0.306 e. The maximum absolute atomic E-state index is 12.8. The monoisotopic (exact) mass is 1010 g/mol. The largest absolute Gasteiger partial charge is 0.462 e. The van der Waals surface area contributed by atoms with E-state index in [9.17, 15) is 14.4 Å². The summed E-state index contributed by atoms with van der Waals surface area (Å²) >= 11 is 0. The topological polar surface area (TPSA) is 78.9 Å². The number of ether oxygens (including phenoxy) is 3. The molecule has 6 heteroatoms. The molecule has 1 unspecified atom stereocenters. The van der Waals surface area contributed by atoms with E-state index in [2.05, 4.69) is 130 Å². The molecule has 0 aliphatic rings. The van der Waals surface area contributed by atoms with Crippen LogP contribution in [0.25, 0.3) is 0 Å². The molecule has 0 heterocycles. The van der Waals surface area contributed by atoms with E-state index in [1.807, 2.05) is 0 Å². The minimum atomic E-state index is -0.780. The number of carbonyl (C=O) groups is 3. The zero-order valence-corrected chi connectivity index (χ0v) is 47.6. The molecule has 0 rings (SSSR count). The van der Waals surface area contributed by atoms with Gasteiger partial charge in [0.2, 0.25) is 0 Å². The summed E-state index contributed by atoms with van der Waals surface area (Å²) in [5.74, 6) is -0.907. The van der Waals surface area contributed by atoms with E-state index >= 15 is 0 Å². The fraction of sp³-hybridized carbons (Fsp3) is 0.687. The predicted octanol–water partition coefficient (Wildman–Crippen LogP) is 20.7. The third-order valence-corrected chi connectivity index (χ3v) is 12.8. The van der Waals surface area contributed by atoms with Crippen LogP contribution in [-0.2, 0) is 28.6 Å². The second kappa shape index (κ2) is 60.6. The standard InChI is InChI=1S/C67H112O6/c1-4-7-10-13-15-17-19-21-23-24-25-26-27-28-29-30-31-32-33-34-35-36-37-38-39-40-41-42-44-45-47-49-51-54-57-60-66(69)72-63-64(62-71-65(68)59-56-53-12-9-6-3)73-67(70)61-58-55-52-50-48-46-43-22-20-18-16-14-11-8-5-2/h7,10,15,17,21-23,25-26,28-29,31-32,34-35,37-38,43,64H,4-6,8-9,11-14,16,18-20,24,27,30,33,36,39-42,44-63H2,1-3H3/b10-7-,17-15-,23-21-,26-25-,29-28-,32-31-,35-34-,38-37-,43-22-. The van der Waals surface area contributed by atoms with Crippen LogP contribution in [0.1, 0.15) is 278 Å². The van der Waals surface area contributed by atoms with Crippen molar-refractivity contribution in [2.75, 3.05) is 13.2 Å². The third-order valence-electron chi connectivity index (χ3n) is 12.8. The lowest BCUT2D eigenvalue weighted by atomic mass is 10.1. The van der Waals surface area contributed by atoms with Gasteiger partial charge in [-0.25, -0.2) is 0 Å². The highest BCUT2D eigenvalue weighted by Gasteiger charge is 2.19. The first-order valence-corrected chi connectivity index (χ1v) is 30.4. The van der Waals surface area contributed by atoms with Gasteiger partial charge < -0.3 is 14.2 Å². The van der Waals surface area contributed by atoms with Crippen LogP contribution in [0, 0.1) is 0 Å². The summed E-state index contributed by atoms with van der Waals surface area (Å²) in [6.07, 6.45) is 82.8. The van der Waals surface area contributed by atoms with Crippen LogP contribution in [-0.4, -0.2) is 37.2 Å². The van der Waals surface area contributed by atoms with Crippen molar-refractivity contribution in [3.8, 4) is 0 Å². The molecule has 0 amide bonds. The highest BCUT2D eigenvalue weighted by Crippen LogP contribution is 2.15. The lowest BCUT2D eigenvalue weighted by Crippen LogP contribution is -2.30. The molecular weight excluding hydrogens is 901 g/mol. The molecule has 0 N–H and O–H groups in total. The number of unbranched alkanes of at least 4 members (excludes halogenated alkanes) is 25. The first-order valence-electron chi connectivity index (χ1n) is 30.4. The Morgan fingerprint density at radius 3 is 0.849 bits per heavy atom. The van der Waals surface area contributed by atoms with Gasteiger partial charge in [-0.3, -0.25) is 14.4 Å². The van der Waals surface area contributed by atoms with Crippen LogP contribution in [0.15, 0.2) is 109 Å². The third kappa shape index (κ3) is 58.8. The van der Waals surface area contributed by atoms with Crippen molar-refractivity contribution in [2.45, 2.75) is 284 Å². The molecule has 0 aromatic heterocycles. The zero-order valence-electron chi connectivity index (χ0n) is 47.6. The van der Waals surface area contributed by atoms with Crippen molar-refractivity contribution in [1.82, 2.24) is 0 Å². The molecule has 6 nitrogen and oxygen atoms in total. The fourth-order valence-electron chi connectivity index (χ4n) is 8.22. The molecule has 0 aromatic rings. The number of esters is 3. The lowest BCUT2D eigenvalue weighted by Gasteiger charge is -2.18. The quantitative estimate of drug-likeness (QED) is 0.0261. The molecule has 416 valence electrons. The van der Waals surface area contributed by atoms with Crippen molar-refractivity contribution in [1.29, 1.82) is 0 Å². The molecule has 0 aliphatic carbocycles. The second-order valence-corrected chi connectivity index (χ2v) is 19.9. The van der Waals surface area contributed by atoms with Crippen molar-refractivity contribution in [2.24, 2.45) is 0 Å². The van der Waals surface area contributed by atoms with Crippen LogP contribution in [0.2, 0.25) is 0 Å². The molecule has 0 spiro atoms. The maximum atomic E-state index is 12.8. The van der Waals surface area contributed by atoms with E-state index in [-0.39, 0.29) is 31.1 Å². The second-order valence-electron chi connectivity index (χ2n) is 19.9. The molecule has 0 bridgehead atoms. The first kappa shape index (κ1) is 69.1. The SMILES string of the molecule is CC/C=C\C/C=C\C/C=C\C/C=C\C/C=C\C/C=C\C/C=C\C/C=C\CCCCCCCCCCCCC(=O)OCC(COC(=O)CCCCCCC)OC(=O)CCCCCCC/C=C\CCCCCCCC. The molecule has 0 radical (unpaired) electrons. The summed E-state index contributed by atoms with van der Waals surface area (Å²) in [4.78, 5) is 37.8. The number of hydrogen-bond donors (Lipinski definition) is 0. The highest BCUT2D eigenvalue weighted by atomic mass is 16.6. The molecule has 0 fully saturated rings. The summed E-state index contributed by atoms with van der Waals surface area (Å²) < 4.78 is 16.7. The number of carbonyl (C=O) groups excluding carboxylic acids is 3. The van der Waals surface area contributed by atoms with E-state index in [1.54, 1.807) is 0 Å². The minimum Gasteiger partial charge on any atom is -0.462 e. The van der Waals surface area contributed by atoms with Gasteiger partial charge in [-0.1, -0.05) is 259 Å². The fourth-order valence-corrected chi connectivity index (χ4v) is 8.22. The molecule has 0 saturated heterocycles. The Kier molecular flexibility index (Phi) is 57.4. The van der Waals surface area contributed by atoms with Gasteiger partial charge in [0.15, 0.2) is 6.10 Å². The van der Waals surface area contributed by atoms with Gasteiger partial charge in [0.05, 0.1) is 0 Å². The summed E-state index contributed by atoms with van der Waals surface area (Å²) in [5, 5.41) is 0. The zero-order chi connectivity index (χ0) is 52.9. The number of rotatable bonds is 54. The van der Waals surface area contributed by atoms with Crippen LogP contribution in [0.4, 0.5) is 0 Å². The average Bonchev–Trinajstić information content (AvgIpc) is 3.39. The first-order chi connectivity index (χ1) is 36.0. The van der Waals surface area contributed by atoms with E-state index in [0.717, 1.165) is 128 Å². The van der Waals surface area contributed by atoms with E-state index < -0.39 is 6.10 Å².